The van der Waals surface area contributed by atoms with Crippen LogP contribution in [0.1, 0.15) is 20.8 Å². The van der Waals surface area contributed by atoms with Crippen molar-refractivity contribution in [1.82, 2.24) is 0 Å². The zero-order chi connectivity index (χ0) is 18.3. The Morgan fingerprint density at radius 1 is 0.958 bits per heavy atom. The van der Waals surface area contributed by atoms with Crippen molar-refractivity contribution in [2.24, 2.45) is 0 Å². The summed E-state index contributed by atoms with van der Waals surface area (Å²) >= 11 is 24.1. The quantitative estimate of drug-likeness (QED) is 0.548. The number of halogens is 4. The van der Waals surface area contributed by atoms with E-state index in [0.29, 0.717) is 5.02 Å². The topological polar surface area (TPSA) is 46.5 Å². The highest BCUT2D eigenvalue weighted by Gasteiger charge is 2.45. The summed E-state index contributed by atoms with van der Waals surface area (Å²) in [6.07, 6.45) is 0. The van der Waals surface area contributed by atoms with Gasteiger partial charge in [0.15, 0.2) is 0 Å². The van der Waals surface area contributed by atoms with Gasteiger partial charge in [-0.15, -0.1) is 0 Å². The van der Waals surface area contributed by atoms with Crippen molar-refractivity contribution >= 4 is 59.1 Å². The first-order valence-electron chi connectivity index (χ1n) is 6.89. The molecule has 1 N–H and O–H groups in total. The molecule has 0 fully saturated rings. The highest BCUT2D eigenvalue weighted by atomic mass is 35.5. The maximum atomic E-state index is 13.8. The van der Waals surface area contributed by atoms with E-state index in [0.717, 1.165) is 0 Å². The van der Waals surface area contributed by atoms with E-state index in [1.807, 2.05) is 0 Å². The van der Waals surface area contributed by atoms with E-state index in [1.54, 1.807) is 26.8 Å². The van der Waals surface area contributed by atoms with Crippen molar-refractivity contribution in [2.75, 3.05) is 0 Å². The maximum Gasteiger partial charge on any atom is 0.287 e. The largest absolute Gasteiger partial charge is 0.507 e. The van der Waals surface area contributed by atoms with Crippen molar-refractivity contribution in [3.63, 3.8) is 0 Å². The van der Waals surface area contributed by atoms with Gasteiger partial charge in [0.25, 0.3) is 7.37 Å². The van der Waals surface area contributed by atoms with Crippen LogP contribution in [0.15, 0.2) is 30.3 Å². The number of hydrogen-bond acceptors (Lipinski definition) is 3. The second-order valence-electron chi connectivity index (χ2n) is 6.12. The molecule has 0 aromatic heterocycles. The predicted molar refractivity (Wildman–Crippen MR) is 102 cm³/mol. The number of phenolic OH excluding ortho intramolecular Hbond substituents is 1. The fraction of sp³-hybridized carbons (Fsp3) is 0.250. The molecule has 0 spiro atoms. The van der Waals surface area contributed by atoms with E-state index in [1.165, 1.54) is 24.3 Å². The summed E-state index contributed by atoms with van der Waals surface area (Å²) in [6.45, 7) is 5.17. The minimum atomic E-state index is -3.68. The summed E-state index contributed by atoms with van der Waals surface area (Å²) in [5, 5.41) is 10.1. The summed E-state index contributed by atoms with van der Waals surface area (Å²) in [7, 11) is -3.68. The van der Waals surface area contributed by atoms with Gasteiger partial charge in [-0.25, -0.2) is 0 Å². The zero-order valence-electron chi connectivity index (χ0n) is 13.1. The van der Waals surface area contributed by atoms with Gasteiger partial charge in [0.2, 0.25) is 0 Å². The molecule has 0 unspecified atom stereocenters. The average Bonchev–Trinajstić information content (AvgIpc) is 2.46. The van der Waals surface area contributed by atoms with Gasteiger partial charge < -0.3 is 9.63 Å². The molecule has 24 heavy (non-hydrogen) atoms. The SMILES string of the molecule is CC(C)(C)[P@@](=O)(Oc1ccc(Cl)c(Cl)c1)c1c(O)ccc(Cl)c1Cl. The molecule has 0 heterocycles. The van der Waals surface area contributed by atoms with Crippen molar-refractivity contribution in [1.29, 1.82) is 0 Å². The van der Waals surface area contributed by atoms with Crippen LogP contribution in [0.5, 0.6) is 11.5 Å². The highest BCUT2D eigenvalue weighted by Crippen LogP contribution is 2.60. The third kappa shape index (κ3) is 3.66. The Bertz CT molecular complexity index is 831. The molecule has 2 aromatic rings. The van der Waals surface area contributed by atoms with Gasteiger partial charge in [0.05, 0.1) is 25.2 Å². The van der Waals surface area contributed by atoms with Crippen LogP contribution >= 0.6 is 53.8 Å². The van der Waals surface area contributed by atoms with Crippen LogP contribution < -0.4 is 9.83 Å². The molecule has 2 rings (SSSR count). The van der Waals surface area contributed by atoms with Crippen LogP contribution in [0, 0.1) is 0 Å². The second kappa shape index (κ2) is 6.97. The monoisotopic (exact) mass is 426 g/mol. The minimum Gasteiger partial charge on any atom is -0.507 e. The minimum absolute atomic E-state index is 0.00464. The van der Waals surface area contributed by atoms with Gasteiger partial charge in [-0.3, -0.25) is 4.57 Å². The zero-order valence-corrected chi connectivity index (χ0v) is 17.0. The van der Waals surface area contributed by atoms with E-state index in [4.69, 9.17) is 50.9 Å². The number of benzene rings is 2. The lowest BCUT2D eigenvalue weighted by Crippen LogP contribution is -2.27. The van der Waals surface area contributed by atoms with Gasteiger partial charge in [-0.05, 0) is 45.0 Å². The summed E-state index contributed by atoms with van der Waals surface area (Å²) in [5.41, 5.74) is 0. The van der Waals surface area contributed by atoms with Crippen LogP contribution in [0.4, 0.5) is 0 Å². The van der Waals surface area contributed by atoms with Crippen LogP contribution in [-0.2, 0) is 4.57 Å². The summed E-state index contributed by atoms with van der Waals surface area (Å²) in [4.78, 5) is 0. The molecule has 0 saturated heterocycles. The summed E-state index contributed by atoms with van der Waals surface area (Å²) in [6, 6.07) is 7.29. The number of phenols is 1. The Hall–Kier alpha value is -0.570. The second-order valence-corrected chi connectivity index (χ2v) is 10.8. The van der Waals surface area contributed by atoms with Crippen molar-refractivity contribution in [3.05, 3.63) is 50.4 Å². The van der Waals surface area contributed by atoms with Gasteiger partial charge in [-0.2, -0.15) is 0 Å². The average molecular weight is 428 g/mol. The van der Waals surface area contributed by atoms with Crippen molar-refractivity contribution < 1.29 is 14.2 Å². The third-order valence-electron chi connectivity index (χ3n) is 3.35. The molecule has 0 aliphatic rings. The standard InChI is InChI=1S/C16H15Cl4O3P/c1-16(2,3)24(22,15-13(21)7-6-11(18)14(15)20)23-9-4-5-10(17)12(19)8-9/h4-8,21H,1-3H3/t24-/m0/s1. The van der Waals surface area contributed by atoms with E-state index in [-0.39, 0.29) is 31.9 Å². The molecule has 8 heteroatoms. The molecule has 0 amide bonds. The maximum absolute atomic E-state index is 13.8. The molecule has 2 aromatic carbocycles. The van der Waals surface area contributed by atoms with Gasteiger partial charge in [0, 0.05) is 6.07 Å². The molecular weight excluding hydrogens is 413 g/mol. The fourth-order valence-electron chi connectivity index (χ4n) is 2.01. The molecule has 1 atom stereocenters. The fourth-order valence-corrected chi connectivity index (χ4v) is 5.22. The normalized spacial score (nSPS) is 14.3. The highest BCUT2D eigenvalue weighted by molar-refractivity contribution is 7.69. The first-order chi connectivity index (χ1) is 11.0. The number of hydrogen-bond donors (Lipinski definition) is 1. The molecule has 0 aliphatic carbocycles. The van der Waals surface area contributed by atoms with Crippen LogP contribution in [0.25, 0.3) is 0 Å². The van der Waals surface area contributed by atoms with E-state index < -0.39 is 12.5 Å². The number of rotatable bonds is 3. The lowest BCUT2D eigenvalue weighted by Gasteiger charge is -2.32. The summed E-state index contributed by atoms with van der Waals surface area (Å²) in [5.74, 6) is 0.000759. The molecule has 130 valence electrons. The Morgan fingerprint density at radius 2 is 1.54 bits per heavy atom. The van der Waals surface area contributed by atoms with Crippen LogP contribution in [0.2, 0.25) is 20.1 Å². The molecule has 0 bridgehead atoms. The van der Waals surface area contributed by atoms with Crippen molar-refractivity contribution in [2.45, 2.75) is 25.9 Å². The predicted octanol–water partition coefficient (Wildman–Crippen LogP) is 6.79. The Kier molecular flexibility index (Phi) is 5.74. The van der Waals surface area contributed by atoms with Gasteiger partial charge in [-0.1, -0.05) is 46.4 Å². The lowest BCUT2D eigenvalue weighted by molar-refractivity contribution is 0.452. The third-order valence-corrected chi connectivity index (χ3v) is 8.30. The number of aromatic hydroxyl groups is 1. The molecular formula is C16H15Cl4O3P. The smallest absolute Gasteiger partial charge is 0.287 e. The molecule has 0 radical (unpaired) electrons. The van der Waals surface area contributed by atoms with E-state index in [2.05, 4.69) is 0 Å². The Morgan fingerprint density at radius 3 is 2.08 bits per heavy atom. The van der Waals surface area contributed by atoms with Crippen molar-refractivity contribution in [3.8, 4) is 11.5 Å². The summed E-state index contributed by atoms with van der Waals surface area (Å²) < 4.78 is 19.6. The first kappa shape index (κ1) is 19.8. The van der Waals surface area contributed by atoms with E-state index in [9.17, 15) is 9.67 Å². The van der Waals surface area contributed by atoms with Gasteiger partial charge >= 0.3 is 0 Å². The molecule has 0 aliphatic heterocycles. The molecule has 3 nitrogen and oxygen atoms in total. The Balaban J connectivity index is 2.67. The van der Waals surface area contributed by atoms with Crippen LogP contribution in [-0.4, -0.2) is 10.3 Å². The van der Waals surface area contributed by atoms with Gasteiger partial charge in [0.1, 0.15) is 16.8 Å². The first-order valence-corrected chi connectivity index (χ1v) is 10.0. The van der Waals surface area contributed by atoms with E-state index >= 15 is 0 Å². The molecule has 0 saturated carbocycles. The van der Waals surface area contributed by atoms with Crippen LogP contribution in [0.3, 0.4) is 0 Å². The lowest BCUT2D eigenvalue weighted by atomic mass is 10.3. The Labute approximate surface area is 160 Å².